The molecule has 0 unspecified atom stereocenters. The van der Waals surface area contributed by atoms with E-state index in [1.807, 2.05) is 6.07 Å². The second-order valence-electron chi connectivity index (χ2n) is 4.51. The van der Waals surface area contributed by atoms with Crippen molar-refractivity contribution in [2.45, 2.75) is 11.8 Å². The van der Waals surface area contributed by atoms with Crippen molar-refractivity contribution in [3.05, 3.63) is 59.4 Å². The summed E-state index contributed by atoms with van der Waals surface area (Å²) in [6.45, 7) is 1.65. The summed E-state index contributed by atoms with van der Waals surface area (Å²) < 4.78 is 39.7. The molecule has 2 aromatic carbocycles. The second-order valence-corrected chi connectivity index (χ2v) is 6.48. The average Bonchev–Trinajstić information content (AvgIpc) is 2.47. The highest BCUT2D eigenvalue weighted by atomic mass is 32.2. The molecular formula is C15H13FN2O2S. The number of para-hydroxylation sites is 1. The van der Waals surface area contributed by atoms with Gasteiger partial charge in [-0.1, -0.05) is 12.1 Å². The van der Waals surface area contributed by atoms with Crippen LogP contribution in [0.2, 0.25) is 0 Å². The van der Waals surface area contributed by atoms with Crippen molar-refractivity contribution < 1.29 is 12.8 Å². The maximum absolute atomic E-state index is 13.7. The summed E-state index contributed by atoms with van der Waals surface area (Å²) >= 11 is 0. The van der Waals surface area contributed by atoms with Crippen molar-refractivity contribution in [3.63, 3.8) is 0 Å². The Balaban J connectivity index is 2.50. The van der Waals surface area contributed by atoms with Gasteiger partial charge in [0.1, 0.15) is 5.82 Å². The van der Waals surface area contributed by atoms with Crippen LogP contribution in [0.3, 0.4) is 0 Å². The van der Waals surface area contributed by atoms with Crippen molar-refractivity contribution in [3.8, 4) is 6.07 Å². The maximum atomic E-state index is 13.7. The van der Waals surface area contributed by atoms with E-state index in [0.717, 1.165) is 4.31 Å². The van der Waals surface area contributed by atoms with E-state index >= 15 is 0 Å². The number of halogens is 1. The Labute approximate surface area is 123 Å². The standard InChI is InChI=1S/C15H13FN2O2S/c1-11-9-13(8-7-12(11)10-17)21(19,20)18(2)15-6-4-3-5-14(15)16/h3-9H,1-2H3. The zero-order valence-electron chi connectivity index (χ0n) is 11.5. The minimum atomic E-state index is -3.88. The first-order chi connectivity index (χ1) is 9.87. The van der Waals surface area contributed by atoms with Crippen LogP contribution in [0.25, 0.3) is 0 Å². The first-order valence-corrected chi connectivity index (χ1v) is 7.56. The van der Waals surface area contributed by atoms with Gasteiger partial charge in [-0.05, 0) is 42.8 Å². The Kier molecular flexibility index (Phi) is 3.96. The molecule has 0 bridgehead atoms. The van der Waals surface area contributed by atoms with E-state index in [1.54, 1.807) is 13.0 Å². The maximum Gasteiger partial charge on any atom is 0.264 e. The summed E-state index contributed by atoms with van der Waals surface area (Å²) in [6, 6.07) is 11.8. The third kappa shape index (κ3) is 2.73. The molecule has 0 aliphatic heterocycles. The summed E-state index contributed by atoms with van der Waals surface area (Å²) in [7, 11) is -2.59. The Hall–Kier alpha value is -2.39. The van der Waals surface area contributed by atoms with Gasteiger partial charge in [0.2, 0.25) is 0 Å². The molecule has 0 radical (unpaired) electrons. The van der Waals surface area contributed by atoms with Crippen molar-refractivity contribution in [1.29, 1.82) is 5.26 Å². The van der Waals surface area contributed by atoms with E-state index < -0.39 is 15.8 Å². The number of nitrogens with zero attached hydrogens (tertiary/aromatic N) is 2. The van der Waals surface area contributed by atoms with E-state index in [-0.39, 0.29) is 10.6 Å². The number of hydrogen-bond acceptors (Lipinski definition) is 3. The van der Waals surface area contributed by atoms with Crippen LogP contribution in [-0.4, -0.2) is 15.5 Å². The summed E-state index contributed by atoms with van der Waals surface area (Å²) in [5.41, 5.74) is 0.933. The van der Waals surface area contributed by atoms with Gasteiger partial charge in [-0.25, -0.2) is 12.8 Å². The molecule has 0 saturated heterocycles. The molecule has 6 heteroatoms. The zero-order chi connectivity index (χ0) is 15.6. The summed E-state index contributed by atoms with van der Waals surface area (Å²) in [5, 5.41) is 8.88. The third-order valence-electron chi connectivity index (χ3n) is 3.17. The highest BCUT2D eigenvalue weighted by molar-refractivity contribution is 7.92. The summed E-state index contributed by atoms with van der Waals surface area (Å²) in [6.07, 6.45) is 0. The van der Waals surface area contributed by atoms with Gasteiger partial charge in [0.05, 0.1) is 22.2 Å². The first kappa shape index (κ1) is 15.0. The predicted molar refractivity (Wildman–Crippen MR) is 77.9 cm³/mol. The largest absolute Gasteiger partial charge is 0.266 e. The molecule has 2 rings (SSSR count). The molecule has 0 aromatic heterocycles. The van der Waals surface area contributed by atoms with Crippen molar-refractivity contribution in [2.75, 3.05) is 11.4 Å². The monoisotopic (exact) mass is 304 g/mol. The molecule has 0 fully saturated rings. The van der Waals surface area contributed by atoms with Gasteiger partial charge in [-0.3, -0.25) is 4.31 Å². The number of benzene rings is 2. The van der Waals surface area contributed by atoms with E-state index in [0.29, 0.717) is 11.1 Å². The lowest BCUT2D eigenvalue weighted by molar-refractivity contribution is 0.589. The van der Waals surface area contributed by atoms with E-state index in [2.05, 4.69) is 0 Å². The SMILES string of the molecule is Cc1cc(S(=O)(=O)N(C)c2ccccc2F)ccc1C#N. The van der Waals surface area contributed by atoms with Gasteiger partial charge in [-0.15, -0.1) is 0 Å². The van der Waals surface area contributed by atoms with Crippen molar-refractivity contribution in [2.24, 2.45) is 0 Å². The Bertz CT molecular complexity index is 826. The zero-order valence-corrected chi connectivity index (χ0v) is 12.4. The van der Waals surface area contributed by atoms with Gasteiger partial charge in [-0.2, -0.15) is 5.26 Å². The molecule has 0 aliphatic rings. The van der Waals surface area contributed by atoms with Crippen LogP contribution < -0.4 is 4.31 Å². The summed E-state index contributed by atoms with van der Waals surface area (Å²) in [4.78, 5) is 0.0183. The van der Waals surface area contributed by atoms with Gasteiger partial charge in [0.25, 0.3) is 10.0 Å². The minimum Gasteiger partial charge on any atom is -0.266 e. The molecule has 2 aromatic rings. The highest BCUT2D eigenvalue weighted by Crippen LogP contribution is 2.25. The molecule has 108 valence electrons. The second kappa shape index (κ2) is 5.54. The topological polar surface area (TPSA) is 61.2 Å². The molecule has 21 heavy (non-hydrogen) atoms. The average molecular weight is 304 g/mol. The third-order valence-corrected chi connectivity index (χ3v) is 4.94. The molecular weight excluding hydrogens is 291 g/mol. The molecule has 0 spiro atoms. The fourth-order valence-corrected chi connectivity index (χ4v) is 3.21. The van der Waals surface area contributed by atoms with Crippen LogP contribution in [0.4, 0.5) is 10.1 Å². The van der Waals surface area contributed by atoms with Crippen molar-refractivity contribution >= 4 is 15.7 Å². The van der Waals surface area contributed by atoms with Crippen LogP contribution >= 0.6 is 0 Å². The first-order valence-electron chi connectivity index (χ1n) is 6.12. The van der Waals surface area contributed by atoms with Crippen LogP contribution in [0.15, 0.2) is 47.4 Å². The number of hydrogen-bond donors (Lipinski definition) is 0. The minimum absolute atomic E-state index is 0.0183. The van der Waals surface area contributed by atoms with Crippen LogP contribution in [0, 0.1) is 24.1 Å². The number of rotatable bonds is 3. The van der Waals surface area contributed by atoms with E-state index in [4.69, 9.17) is 5.26 Å². The Morgan fingerprint density at radius 3 is 2.43 bits per heavy atom. The number of aryl methyl sites for hydroxylation is 1. The summed E-state index contributed by atoms with van der Waals surface area (Å²) in [5.74, 6) is -0.617. The lowest BCUT2D eigenvalue weighted by Crippen LogP contribution is -2.27. The normalized spacial score (nSPS) is 11.0. The van der Waals surface area contributed by atoms with Gasteiger partial charge < -0.3 is 0 Å². The molecule has 0 aliphatic carbocycles. The van der Waals surface area contributed by atoms with Crippen molar-refractivity contribution in [1.82, 2.24) is 0 Å². The lowest BCUT2D eigenvalue weighted by atomic mass is 10.1. The quantitative estimate of drug-likeness (QED) is 0.876. The van der Waals surface area contributed by atoms with E-state index in [9.17, 15) is 12.8 Å². The smallest absolute Gasteiger partial charge is 0.264 e. The molecule has 0 heterocycles. The Morgan fingerprint density at radius 1 is 1.19 bits per heavy atom. The fourth-order valence-electron chi connectivity index (χ4n) is 1.92. The lowest BCUT2D eigenvalue weighted by Gasteiger charge is -2.20. The van der Waals surface area contributed by atoms with Gasteiger partial charge in [0, 0.05) is 7.05 Å². The fraction of sp³-hybridized carbons (Fsp3) is 0.133. The molecule has 0 saturated carbocycles. The van der Waals surface area contributed by atoms with Gasteiger partial charge >= 0.3 is 0 Å². The number of nitriles is 1. The number of anilines is 1. The van der Waals surface area contributed by atoms with E-state index in [1.165, 1.54) is 43.4 Å². The number of sulfonamides is 1. The molecule has 0 atom stereocenters. The van der Waals surface area contributed by atoms with Crippen LogP contribution in [0.5, 0.6) is 0 Å². The van der Waals surface area contributed by atoms with Crippen LogP contribution in [0.1, 0.15) is 11.1 Å². The predicted octanol–water partition coefficient (Wildman–Crippen LogP) is 2.83. The van der Waals surface area contributed by atoms with Crippen LogP contribution in [-0.2, 0) is 10.0 Å². The molecule has 0 N–H and O–H groups in total. The highest BCUT2D eigenvalue weighted by Gasteiger charge is 2.23. The van der Waals surface area contributed by atoms with Gasteiger partial charge in [0.15, 0.2) is 0 Å². The molecule has 4 nitrogen and oxygen atoms in total. The Morgan fingerprint density at radius 2 is 1.86 bits per heavy atom. The molecule has 0 amide bonds.